The summed E-state index contributed by atoms with van der Waals surface area (Å²) >= 11 is 0. The average molecular weight is 214 g/mol. The molecular weight excluding hydrogens is 200 g/mol. The Kier molecular flexibility index (Phi) is 2.22. The van der Waals surface area contributed by atoms with E-state index in [9.17, 15) is 0 Å². The molecule has 3 rings (SSSR count). The van der Waals surface area contributed by atoms with Gasteiger partial charge in [0.25, 0.3) is 0 Å². The molecule has 0 radical (unpaired) electrons. The standard InChI is InChI=1S/C12H14N4/c1-9-15-14-8-16(9)12-3-2-10-4-5-13-7-11(10)6-12/h2-3,6,8,13H,4-5,7H2,1H3. The third-order valence-electron chi connectivity index (χ3n) is 3.07. The molecule has 0 aliphatic carbocycles. The summed E-state index contributed by atoms with van der Waals surface area (Å²) in [5.74, 6) is 0.920. The molecule has 0 saturated heterocycles. The molecule has 1 aliphatic rings. The van der Waals surface area contributed by atoms with Crippen LogP contribution >= 0.6 is 0 Å². The van der Waals surface area contributed by atoms with Gasteiger partial charge in [-0.2, -0.15) is 0 Å². The van der Waals surface area contributed by atoms with Gasteiger partial charge in [-0.1, -0.05) is 6.07 Å². The molecule has 1 aliphatic heterocycles. The number of rotatable bonds is 1. The van der Waals surface area contributed by atoms with E-state index < -0.39 is 0 Å². The number of benzene rings is 1. The molecule has 1 N–H and O–H groups in total. The second-order valence-electron chi connectivity index (χ2n) is 4.13. The molecule has 4 heteroatoms. The van der Waals surface area contributed by atoms with Crippen molar-refractivity contribution in [2.24, 2.45) is 0 Å². The summed E-state index contributed by atoms with van der Waals surface area (Å²) in [4.78, 5) is 0. The number of fused-ring (bicyclic) bond motifs is 1. The molecule has 0 bridgehead atoms. The molecule has 0 amide bonds. The van der Waals surface area contributed by atoms with Crippen molar-refractivity contribution in [3.63, 3.8) is 0 Å². The summed E-state index contributed by atoms with van der Waals surface area (Å²) in [6.45, 7) is 4.01. The first-order valence-electron chi connectivity index (χ1n) is 5.54. The smallest absolute Gasteiger partial charge is 0.134 e. The summed E-state index contributed by atoms with van der Waals surface area (Å²) in [5, 5.41) is 11.3. The lowest BCUT2D eigenvalue weighted by molar-refractivity contribution is 0.643. The van der Waals surface area contributed by atoms with E-state index in [0.717, 1.165) is 31.0 Å². The molecule has 0 saturated carbocycles. The number of hydrogen-bond donors (Lipinski definition) is 1. The van der Waals surface area contributed by atoms with Crippen LogP contribution in [0.1, 0.15) is 17.0 Å². The monoisotopic (exact) mass is 214 g/mol. The Bertz CT molecular complexity index is 515. The minimum Gasteiger partial charge on any atom is -0.312 e. The van der Waals surface area contributed by atoms with Crippen molar-refractivity contribution < 1.29 is 0 Å². The lowest BCUT2D eigenvalue weighted by Crippen LogP contribution is -2.23. The second-order valence-corrected chi connectivity index (χ2v) is 4.13. The first-order chi connectivity index (χ1) is 7.84. The van der Waals surface area contributed by atoms with E-state index in [1.165, 1.54) is 11.1 Å². The Balaban J connectivity index is 2.06. The van der Waals surface area contributed by atoms with E-state index in [2.05, 4.69) is 33.7 Å². The quantitative estimate of drug-likeness (QED) is 0.776. The summed E-state index contributed by atoms with van der Waals surface area (Å²) < 4.78 is 2.01. The van der Waals surface area contributed by atoms with E-state index in [0.29, 0.717) is 0 Å². The fourth-order valence-corrected chi connectivity index (χ4v) is 2.16. The largest absolute Gasteiger partial charge is 0.312 e. The topological polar surface area (TPSA) is 42.7 Å². The van der Waals surface area contributed by atoms with Gasteiger partial charge >= 0.3 is 0 Å². The van der Waals surface area contributed by atoms with Crippen LogP contribution in [0.25, 0.3) is 5.69 Å². The van der Waals surface area contributed by atoms with Gasteiger partial charge < -0.3 is 5.32 Å². The Morgan fingerprint density at radius 1 is 1.31 bits per heavy atom. The molecule has 4 nitrogen and oxygen atoms in total. The first-order valence-corrected chi connectivity index (χ1v) is 5.54. The number of nitrogens with one attached hydrogen (secondary N) is 1. The molecule has 0 spiro atoms. The van der Waals surface area contributed by atoms with Gasteiger partial charge in [0, 0.05) is 12.2 Å². The van der Waals surface area contributed by atoms with Crippen LogP contribution in [-0.2, 0) is 13.0 Å². The van der Waals surface area contributed by atoms with Crippen molar-refractivity contribution in [1.82, 2.24) is 20.1 Å². The normalized spacial score (nSPS) is 14.8. The van der Waals surface area contributed by atoms with Crippen molar-refractivity contribution in [2.75, 3.05) is 6.54 Å². The highest BCUT2D eigenvalue weighted by Crippen LogP contribution is 2.18. The predicted molar refractivity (Wildman–Crippen MR) is 61.5 cm³/mol. The van der Waals surface area contributed by atoms with E-state index in [-0.39, 0.29) is 0 Å². The maximum Gasteiger partial charge on any atom is 0.134 e. The highest BCUT2D eigenvalue weighted by molar-refractivity contribution is 5.42. The van der Waals surface area contributed by atoms with Gasteiger partial charge in [0.2, 0.25) is 0 Å². The van der Waals surface area contributed by atoms with Crippen LogP contribution < -0.4 is 5.32 Å². The number of aromatic nitrogens is 3. The second kappa shape index (κ2) is 3.72. The summed E-state index contributed by atoms with van der Waals surface area (Å²) in [6.07, 6.45) is 2.88. The molecule has 2 heterocycles. The highest BCUT2D eigenvalue weighted by Gasteiger charge is 2.10. The fourth-order valence-electron chi connectivity index (χ4n) is 2.16. The molecule has 82 valence electrons. The lowest BCUT2D eigenvalue weighted by atomic mass is 10.0. The summed E-state index contributed by atoms with van der Waals surface area (Å²) in [5.41, 5.74) is 3.98. The third-order valence-corrected chi connectivity index (χ3v) is 3.07. The van der Waals surface area contributed by atoms with E-state index >= 15 is 0 Å². The van der Waals surface area contributed by atoms with Crippen LogP contribution in [-0.4, -0.2) is 21.3 Å². The van der Waals surface area contributed by atoms with Crippen molar-refractivity contribution >= 4 is 0 Å². The average Bonchev–Trinajstić information content (AvgIpc) is 2.75. The van der Waals surface area contributed by atoms with Gasteiger partial charge in [0.05, 0.1) is 0 Å². The van der Waals surface area contributed by atoms with E-state index in [1.54, 1.807) is 6.33 Å². The van der Waals surface area contributed by atoms with Crippen molar-refractivity contribution in [2.45, 2.75) is 19.9 Å². The maximum atomic E-state index is 4.00. The molecule has 1 aromatic heterocycles. The summed E-state index contributed by atoms with van der Waals surface area (Å²) in [6, 6.07) is 6.57. The zero-order chi connectivity index (χ0) is 11.0. The van der Waals surface area contributed by atoms with E-state index in [1.807, 2.05) is 11.5 Å². The Labute approximate surface area is 94.3 Å². The Hall–Kier alpha value is -1.68. The van der Waals surface area contributed by atoms with Gasteiger partial charge in [-0.15, -0.1) is 10.2 Å². The van der Waals surface area contributed by atoms with Crippen LogP contribution in [0, 0.1) is 6.92 Å². The summed E-state index contributed by atoms with van der Waals surface area (Å²) in [7, 11) is 0. The van der Waals surface area contributed by atoms with Gasteiger partial charge in [-0.05, 0) is 43.1 Å². The predicted octanol–water partition coefficient (Wildman–Crippen LogP) is 1.22. The number of nitrogens with zero attached hydrogens (tertiary/aromatic N) is 3. The molecule has 2 aromatic rings. The third kappa shape index (κ3) is 1.51. The zero-order valence-electron chi connectivity index (χ0n) is 9.27. The molecule has 1 aromatic carbocycles. The lowest BCUT2D eigenvalue weighted by Gasteiger charge is -2.18. The molecular formula is C12H14N4. The SMILES string of the molecule is Cc1nncn1-c1ccc2c(c1)CNCC2. The maximum absolute atomic E-state index is 4.00. The van der Waals surface area contributed by atoms with Crippen LogP contribution in [0.3, 0.4) is 0 Å². The van der Waals surface area contributed by atoms with E-state index in [4.69, 9.17) is 0 Å². The fraction of sp³-hybridized carbons (Fsp3) is 0.333. The van der Waals surface area contributed by atoms with Crippen LogP contribution in [0.15, 0.2) is 24.5 Å². The van der Waals surface area contributed by atoms with Crippen molar-refractivity contribution in [3.8, 4) is 5.69 Å². The van der Waals surface area contributed by atoms with Gasteiger partial charge in [-0.3, -0.25) is 4.57 Å². The minimum atomic E-state index is 0.920. The van der Waals surface area contributed by atoms with Gasteiger partial charge in [-0.25, -0.2) is 0 Å². The Morgan fingerprint density at radius 3 is 3.06 bits per heavy atom. The molecule has 0 unspecified atom stereocenters. The number of aryl methyl sites for hydroxylation is 1. The van der Waals surface area contributed by atoms with Gasteiger partial charge in [0.15, 0.2) is 0 Å². The van der Waals surface area contributed by atoms with Crippen LogP contribution in [0.4, 0.5) is 0 Å². The van der Waals surface area contributed by atoms with Crippen molar-refractivity contribution in [1.29, 1.82) is 0 Å². The van der Waals surface area contributed by atoms with Crippen molar-refractivity contribution in [3.05, 3.63) is 41.5 Å². The van der Waals surface area contributed by atoms with Crippen LogP contribution in [0.2, 0.25) is 0 Å². The Morgan fingerprint density at radius 2 is 2.25 bits per heavy atom. The first kappa shape index (κ1) is 9.54. The molecule has 0 atom stereocenters. The van der Waals surface area contributed by atoms with Crippen LogP contribution in [0.5, 0.6) is 0 Å². The van der Waals surface area contributed by atoms with Gasteiger partial charge in [0.1, 0.15) is 12.2 Å². The molecule has 0 fully saturated rings. The zero-order valence-corrected chi connectivity index (χ0v) is 9.27. The number of hydrogen-bond acceptors (Lipinski definition) is 3. The highest BCUT2D eigenvalue weighted by atomic mass is 15.3. The molecule has 16 heavy (non-hydrogen) atoms. The minimum absolute atomic E-state index is 0.920.